The highest BCUT2D eigenvalue weighted by molar-refractivity contribution is 9.10. The number of hydrogen-bond acceptors (Lipinski definition) is 0. The van der Waals surface area contributed by atoms with Gasteiger partial charge in [0.25, 0.3) is 0 Å². The van der Waals surface area contributed by atoms with E-state index in [1.54, 1.807) is 12.1 Å². The number of halogens is 3. The lowest BCUT2D eigenvalue weighted by Crippen LogP contribution is -1.95. The Bertz CT molecular complexity index is 353. The van der Waals surface area contributed by atoms with Gasteiger partial charge in [-0.15, -0.1) is 11.6 Å². The molecule has 2 rings (SSSR count). The summed E-state index contributed by atoms with van der Waals surface area (Å²) in [5.41, 5.74) is 1.01. The molecule has 1 aliphatic rings. The molecule has 14 heavy (non-hydrogen) atoms. The van der Waals surface area contributed by atoms with Gasteiger partial charge in [0.15, 0.2) is 0 Å². The molecule has 0 aliphatic heterocycles. The van der Waals surface area contributed by atoms with Crippen molar-refractivity contribution in [2.24, 2.45) is 11.8 Å². The van der Waals surface area contributed by atoms with Crippen molar-refractivity contribution in [1.82, 2.24) is 0 Å². The summed E-state index contributed by atoms with van der Waals surface area (Å²) < 4.78 is 13.5. The maximum absolute atomic E-state index is 13.0. The number of alkyl halides is 1. The fraction of sp³-hybridized carbons (Fsp3) is 0.455. The van der Waals surface area contributed by atoms with Crippen LogP contribution >= 0.6 is 27.5 Å². The van der Waals surface area contributed by atoms with Gasteiger partial charge in [0.1, 0.15) is 5.82 Å². The molecule has 0 saturated heterocycles. The van der Waals surface area contributed by atoms with E-state index in [1.807, 2.05) is 0 Å². The van der Waals surface area contributed by atoms with Crippen molar-refractivity contribution >= 4 is 27.5 Å². The van der Waals surface area contributed by atoms with Crippen molar-refractivity contribution in [3.8, 4) is 0 Å². The van der Waals surface area contributed by atoms with Gasteiger partial charge in [0, 0.05) is 0 Å². The Morgan fingerprint density at radius 1 is 1.57 bits per heavy atom. The molecule has 0 nitrogen and oxygen atoms in total. The Morgan fingerprint density at radius 2 is 2.21 bits per heavy atom. The van der Waals surface area contributed by atoms with E-state index in [0.29, 0.717) is 16.3 Å². The summed E-state index contributed by atoms with van der Waals surface area (Å²) in [5, 5.41) is 0.0295. The molecule has 76 valence electrons. The van der Waals surface area contributed by atoms with E-state index in [9.17, 15) is 4.39 Å². The average Bonchev–Trinajstić information content (AvgIpc) is 2.86. The molecule has 3 heteroatoms. The van der Waals surface area contributed by atoms with Crippen LogP contribution in [0.2, 0.25) is 0 Å². The quantitative estimate of drug-likeness (QED) is 0.697. The monoisotopic (exact) mass is 276 g/mol. The maximum Gasteiger partial charge on any atom is 0.137 e. The first-order valence-electron chi connectivity index (χ1n) is 4.68. The highest BCUT2D eigenvalue weighted by Gasteiger charge is 2.39. The third-order valence-electron chi connectivity index (χ3n) is 2.81. The van der Waals surface area contributed by atoms with Crippen LogP contribution in [0.15, 0.2) is 22.7 Å². The first-order valence-corrected chi connectivity index (χ1v) is 5.91. The first kappa shape index (κ1) is 10.4. The van der Waals surface area contributed by atoms with Crippen molar-refractivity contribution in [1.29, 1.82) is 0 Å². The molecule has 3 atom stereocenters. The molecule has 0 bridgehead atoms. The van der Waals surface area contributed by atoms with Gasteiger partial charge in [0.05, 0.1) is 9.85 Å². The van der Waals surface area contributed by atoms with Crippen LogP contribution in [-0.2, 0) is 0 Å². The molecule has 0 radical (unpaired) electrons. The van der Waals surface area contributed by atoms with Crippen LogP contribution in [0, 0.1) is 17.7 Å². The third kappa shape index (κ3) is 1.96. The lowest BCUT2D eigenvalue weighted by molar-refractivity contribution is 0.618. The van der Waals surface area contributed by atoms with E-state index < -0.39 is 0 Å². The Balaban J connectivity index is 2.20. The second kappa shape index (κ2) is 3.82. The molecule has 0 amide bonds. The summed E-state index contributed by atoms with van der Waals surface area (Å²) in [7, 11) is 0. The molecule has 3 unspecified atom stereocenters. The Kier molecular flexibility index (Phi) is 2.85. The van der Waals surface area contributed by atoms with E-state index in [0.717, 1.165) is 5.56 Å². The molecule has 0 N–H and O–H groups in total. The summed E-state index contributed by atoms with van der Waals surface area (Å²) in [4.78, 5) is 0. The minimum Gasteiger partial charge on any atom is -0.206 e. The average molecular weight is 278 g/mol. The molecule has 1 aliphatic carbocycles. The van der Waals surface area contributed by atoms with E-state index in [1.165, 1.54) is 12.5 Å². The van der Waals surface area contributed by atoms with Crippen LogP contribution in [0.1, 0.15) is 24.3 Å². The van der Waals surface area contributed by atoms with Gasteiger partial charge in [-0.3, -0.25) is 0 Å². The van der Waals surface area contributed by atoms with E-state index in [4.69, 9.17) is 11.6 Å². The normalized spacial score (nSPS) is 27.4. The SMILES string of the molecule is CC1CC1C(Cl)c1ccc(F)c(Br)c1. The van der Waals surface area contributed by atoms with E-state index in [-0.39, 0.29) is 11.2 Å². The molecule has 0 aromatic heterocycles. The predicted octanol–water partition coefficient (Wildman–Crippen LogP) is 4.52. The fourth-order valence-electron chi connectivity index (χ4n) is 1.69. The molecule has 0 spiro atoms. The van der Waals surface area contributed by atoms with Crippen LogP contribution in [0.5, 0.6) is 0 Å². The van der Waals surface area contributed by atoms with Crippen LogP contribution < -0.4 is 0 Å². The molecule has 1 fully saturated rings. The number of hydrogen-bond donors (Lipinski definition) is 0. The van der Waals surface area contributed by atoms with Crippen molar-refractivity contribution in [3.63, 3.8) is 0 Å². The lowest BCUT2D eigenvalue weighted by atomic mass is 10.1. The zero-order valence-corrected chi connectivity index (χ0v) is 10.1. The zero-order valence-electron chi connectivity index (χ0n) is 7.81. The van der Waals surface area contributed by atoms with Crippen LogP contribution in [0.4, 0.5) is 4.39 Å². The highest BCUT2D eigenvalue weighted by atomic mass is 79.9. The standard InChI is InChI=1S/C11H11BrClF/c1-6-4-8(6)11(13)7-2-3-10(14)9(12)5-7/h2-3,5-6,8,11H,4H2,1H3. The van der Waals surface area contributed by atoms with E-state index >= 15 is 0 Å². The topological polar surface area (TPSA) is 0 Å². The molecule has 1 saturated carbocycles. The molecular formula is C11H11BrClF. The van der Waals surface area contributed by atoms with Crippen molar-refractivity contribution in [2.45, 2.75) is 18.7 Å². The van der Waals surface area contributed by atoms with Gasteiger partial charge < -0.3 is 0 Å². The zero-order chi connectivity index (χ0) is 10.3. The van der Waals surface area contributed by atoms with Gasteiger partial charge in [-0.1, -0.05) is 13.0 Å². The molecule has 0 heterocycles. The fourth-order valence-corrected chi connectivity index (χ4v) is 2.57. The van der Waals surface area contributed by atoms with Gasteiger partial charge in [-0.25, -0.2) is 4.39 Å². The lowest BCUT2D eigenvalue weighted by Gasteiger charge is -2.09. The Hall–Kier alpha value is -0.0800. The third-order valence-corrected chi connectivity index (χ3v) is 3.99. The van der Waals surface area contributed by atoms with E-state index in [2.05, 4.69) is 22.9 Å². The smallest absolute Gasteiger partial charge is 0.137 e. The Morgan fingerprint density at radius 3 is 2.71 bits per heavy atom. The second-order valence-electron chi connectivity index (χ2n) is 3.95. The summed E-state index contributed by atoms with van der Waals surface area (Å²) in [6.07, 6.45) is 1.18. The predicted molar refractivity (Wildman–Crippen MR) is 60.0 cm³/mol. The van der Waals surface area contributed by atoms with Gasteiger partial charge in [-0.05, 0) is 51.9 Å². The number of benzene rings is 1. The van der Waals surface area contributed by atoms with Crippen molar-refractivity contribution < 1.29 is 4.39 Å². The molecular weight excluding hydrogens is 266 g/mol. The highest BCUT2D eigenvalue weighted by Crippen LogP contribution is 2.50. The summed E-state index contributed by atoms with van der Waals surface area (Å²) in [5.74, 6) is 1.04. The second-order valence-corrected chi connectivity index (χ2v) is 5.28. The van der Waals surface area contributed by atoms with Gasteiger partial charge in [0.2, 0.25) is 0 Å². The Labute approximate surface area is 96.6 Å². The largest absolute Gasteiger partial charge is 0.206 e. The van der Waals surface area contributed by atoms with Crippen molar-refractivity contribution in [3.05, 3.63) is 34.1 Å². The summed E-state index contributed by atoms with van der Waals surface area (Å²) >= 11 is 9.44. The van der Waals surface area contributed by atoms with Crippen LogP contribution in [0.25, 0.3) is 0 Å². The minimum atomic E-state index is -0.235. The van der Waals surface area contributed by atoms with Crippen LogP contribution in [-0.4, -0.2) is 0 Å². The number of rotatable bonds is 2. The van der Waals surface area contributed by atoms with Crippen molar-refractivity contribution in [2.75, 3.05) is 0 Å². The summed E-state index contributed by atoms with van der Waals surface area (Å²) in [6, 6.07) is 5.00. The maximum atomic E-state index is 13.0. The van der Waals surface area contributed by atoms with Crippen LogP contribution in [0.3, 0.4) is 0 Å². The first-order chi connectivity index (χ1) is 6.59. The molecule has 1 aromatic carbocycles. The molecule has 1 aromatic rings. The summed E-state index contributed by atoms with van der Waals surface area (Å²) in [6.45, 7) is 2.19. The van der Waals surface area contributed by atoms with Gasteiger partial charge in [-0.2, -0.15) is 0 Å². The minimum absolute atomic E-state index is 0.0295. The van der Waals surface area contributed by atoms with Gasteiger partial charge >= 0.3 is 0 Å².